The van der Waals surface area contributed by atoms with Gasteiger partial charge in [-0.2, -0.15) is 0 Å². The molecule has 3 N–H and O–H groups in total. The Bertz CT molecular complexity index is 963. The Morgan fingerprint density at radius 2 is 1.81 bits per heavy atom. The van der Waals surface area contributed by atoms with Crippen molar-refractivity contribution < 1.29 is 8.42 Å². The van der Waals surface area contributed by atoms with E-state index in [1.807, 2.05) is 30.3 Å². The predicted molar refractivity (Wildman–Crippen MR) is 106 cm³/mol. The van der Waals surface area contributed by atoms with Gasteiger partial charge < -0.3 is 5.73 Å². The minimum absolute atomic E-state index is 0.166. The number of halogens is 1. The summed E-state index contributed by atoms with van der Waals surface area (Å²) in [6.07, 6.45) is 0. The number of aromatic nitrogens is 2. The van der Waals surface area contributed by atoms with E-state index in [2.05, 4.69) is 14.9 Å². The molecule has 0 saturated carbocycles. The largest absolute Gasteiger partial charge is 0.374 e. The van der Waals surface area contributed by atoms with Crippen molar-refractivity contribution in [3.05, 3.63) is 65.2 Å². The lowest BCUT2D eigenvalue weighted by Crippen LogP contribution is -2.27. The van der Waals surface area contributed by atoms with E-state index in [4.69, 9.17) is 17.3 Å². The van der Waals surface area contributed by atoms with Gasteiger partial charge in [0.2, 0.25) is 15.2 Å². The number of nitrogens with zero attached hydrogens (tertiary/aromatic N) is 2. The van der Waals surface area contributed by atoms with Gasteiger partial charge in [0, 0.05) is 11.6 Å². The summed E-state index contributed by atoms with van der Waals surface area (Å²) in [7, 11) is -3.65. The first-order valence-corrected chi connectivity index (χ1v) is 11.1. The lowest BCUT2D eigenvalue weighted by atomic mass is 10.1. The molecule has 3 aromatic rings. The molecule has 10 heteroatoms. The molecule has 0 aliphatic carbocycles. The zero-order valence-electron chi connectivity index (χ0n) is 13.4. The highest BCUT2D eigenvalue weighted by Crippen LogP contribution is 2.37. The number of anilines is 1. The maximum atomic E-state index is 12.5. The fourth-order valence-electron chi connectivity index (χ4n) is 2.17. The van der Waals surface area contributed by atoms with Gasteiger partial charge in [0.05, 0.1) is 10.1 Å². The van der Waals surface area contributed by atoms with Crippen LogP contribution < -0.4 is 10.5 Å². The van der Waals surface area contributed by atoms with E-state index in [1.165, 1.54) is 35.2 Å². The van der Waals surface area contributed by atoms with Crippen molar-refractivity contribution >= 4 is 49.9 Å². The summed E-state index contributed by atoms with van der Waals surface area (Å²) in [6, 6.07) is 15.6. The third-order valence-corrected chi connectivity index (χ3v) is 7.20. The van der Waals surface area contributed by atoms with Crippen LogP contribution in [0.15, 0.2) is 63.8 Å². The SMILES string of the molecule is Nc1nnc(S[C@H](CNS(=O)(=O)c2ccc(Cl)cc2)c2ccccc2)s1. The van der Waals surface area contributed by atoms with Gasteiger partial charge in [0.25, 0.3) is 0 Å². The molecule has 0 bridgehead atoms. The first kappa shape index (κ1) is 19.1. The van der Waals surface area contributed by atoms with E-state index in [0.717, 1.165) is 5.56 Å². The maximum absolute atomic E-state index is 12.5. The molecule has 2 aromatic carbocycles. The number of rotatable bonds is 7. The van der Waals surface area contributed by atoms with Crippen LogP contribution in [0.25, 0.3) is 0 Å². The fraction of sp³-hybridized carbons (Fsp3) is 0.125. The van der Waals surface area contributed by atoms with Crippen LogP contribution >= 0.6 is 34.7 Å². The number of thioether (sulfide) groups is 1. The van der Waals surface area contributed by atoms with Crippen LogP contribution in [-0.4, -0.2) is 25.2 Å². The lowest BCUT2D eigenvalue weighted by Gasteiger charge is -2.16. The minimum atomic E-state index is -3.65. The Labute approximate surface area is 164 Å². The van der Waals surface area contributed by atoms with Crippen molar-refractivity contribution in [1.82, 2.24) is 14.9 Å². The zero-order valence-corrected chi connectivity index (χ0v) is 16.6. The van der Waals surface area contributed by atoms with Crippen LogP contribution in [0.2, 0.25) is 5.02 Å². The summed E-state index contributed by atoms with van der Waals surface area (Å²) in [5.74, 6) is 0. The van der Waals surface area contributed by atoms with Crippen molar-refractivity contribution in [1.29, 1.82) is 0 Å². The maximum Gasteiger partial charge on any atom is 0.240 e. The van der Waals surface area contributed by atoms with Gasteiger partial charge in [0.15, 0.2) is 4.34 Å². The van der Waals surface area contributed by atoms with Gasteiger partial charge in [0.1, 0.15) is 0 Å². The third kappa shape index (κ3) is 4.95. The topological polar surface area (TPSA) is 98.0 Å². The summed E-state index contributed by atoms with van der Waals surface area (Å²) < 4.78 is 28.4. The Hall–Kier alpha value is -1.65. The smallest absolute Gasteiger partial charge is 0.240 e. The quantitative estimate of drug-likeness (QED) is 0.560. The molecule has 0 aliphatic heterocycles. The van der Waals surface area contributed by atoms with Crippen LogP contribution in [0.4, 0.5) is 5.13 Å². The van der Waals surface area contributed by atoms with E-state index in [9.17, 15) is 8.42 Å². The van der Waals surface area contributed by atoms with E-state index in [0.29, 0.717) is 14.5 Å². The average molecular weight is 427 g/mol. The zero-order chi connectivity index (χ0) is 18.6. The number of nitrogens with one attached hydrogen (secondary N) is 1. The van der Waals surface area contributed by atoms with Gasteiger partial charge in [-0.15, -0.1) is 10.2 Å². The Morgan fingerprint density at radius 3 is 2.42 bits per heavy atom. The number of nitrogens with two attached hydrogens (primary N) is 1. The van der Waals surface area contributed by atoms with Gasteiger partial charge in [-0.3, -0.25) is 0 Å². The van der Waals surface area contributed by atoms with Crippen LogP contribution in [0.3, 0.4) is 0 Å². The van der Waals surface area contributed by atoms with Crippen LogP contribution in [0.1, 0.15) is 10.8 Å². The van der Waals surface area contributed by atoms with E-state index >= 15 is 0 Å². The van der Waals surface area contributed by atoms with Gasteiger partial charge >= 0.3 is 0 Å². The molecular formula is C16H15ClN4O2S3. The van der Waals surface area contributed by atoms with Crippen molar-refractivity contribution in [2.45, 2.75) is 14.5 Å². The summed E-state index contributed by atoms with van der Waals surface area (Å²) >= 11 is 8.51. The molecule has 0 unspecified atom stereocenters. The number of benzene rings is 2. The number of hydrogen-bond acceptors (Lipinski definition) is 7. The minimum Gasteiger partial charge on any atom is -0.374 e. The lowest BCUT2D eigenvalue weighted by molar-refractivity contribution is 0.581. The summed E-state index contributed by atoms with van der Waals surface area (Å²) in [5.41, 5.74) is 6.61. The fourth-order valence-corrected chi connectivity index (χ4v) is 5.38. The molecule has 0 fully saturated rings. The second-order valence-corrected chi connectivity index (χ2v) is 9.89. The van der Waals surface area contributed by atoms with E-state index in [1.54, 1.807) is 12.1 Å². The molecule has 0 amide bonds. The highest BCUT2D eigenvalue weighted by Gasteiger charge is 2.20. The van der Waals surface area contributed by atoms with Crippen molar-refractivity contribution in [3.8, 4) is 0 Å². The Balaban J connectivity index is 1.78. The highest BCUT2D eigenvalue weighted by atomic mass is 35.5. The van der Waals surface area contributed by atoms with E-state index in [-0.39, 0.29) is 16.7 Å². The molecule has 26 heavy (non-hydrogen) atoms. The molecular weight excluding hydrogens is 412 g/mol. The molecule has 3 rings (SSSR count). The average Bonchev–Trinajstić information content (AvgIpc) is 3.05. The normalized spacial score (nSPS) is 12.8. The summed E-state index contributed by atoms with van der Waals surface area (Å²) in [4.78, 5) is 0.166. The number of sulfonamides is 1. The van der Waals surface area contributed by atoms with Gasteiger partial charge in [-0.05, 0) is 29.8 Å². The standard InChI is InChI=1S/C16H15ClN4O2S3/c17-12-6-8-13(9-7-12)26(22,23)19-10-14(11-4-2-1-3-5-11)24-16-21-20-15(18)25-16/h1-9,14,19H,10H2,(H2,18,20)/t14-/m1/s1. The number of nitrogen functional groups attached to an aromatic ring is 1. The highest BCUT2D eigenvalue weighted by molar-refractivity contribution is 8.01. The monoisotopic (exact) mass is 426 g/mol. The van der Waals surface area contributed by atoms with Crippen molar-refractivity contribution in [2.75, 3.05) is 12.3 Å². The first-order chi connectivity index (χ1) is 12.4. The first-order valence-electron chi connectivity index (χ1n) is 7.50. The summed E-state index contributed by atoms with van der Waals surface area (Å²) in [6.45, 7) is 0.194. The number of hydrogen-bond donors (Lipinski definition) is 2. The Kier molecular flexibility index (Phi) is 6.15. The van der Waals surface area contributed by atoms with Crippen LogP contribution in [0, 0.1) is 0 Å². The molecule has 1 aromatic heterocycles. The molecule has 0 spiro atoms. The molecule has 1 atom stereocenters. The van der Waals surface area contributed by atoms with E-state index < -0.39 is 10.0 Å². The molecule has 136 valence electrons. The second kappa shape index (κ2) is 8.36. The van der Waals surface area contributed by atoms with Crippen LogP contribution in [-0.2, 0) is 10.0 Å². The second-order valence-electron chi connectivity index (χ2n) is 5.23. The van der Waals surface area contributed by atoms with Gasteiger partial charge in [-0.25, -0.2) is 13.1 Å². The molecule has 0 saturated heterocycles. The third-order valence-electron chi connectivity index (χ3n) is 3.42. The van der Waals surface area contributed by atoms with Crippen LogP contribution in [0.5, 0.6) is 0 Å². The molecule has 1 heterocycles. The van der Waals surface area contributed by atoms with Gasteiger partial charge in [-0.1, -0.05) is 65.0 Å². The Morgan fingerprint density at radius 1 is 1.12 bits per heavy atom. The molecule has 0 aliphatic rings. The molecule has 0 radical (unpaired) electrons. The van der Waals surface area contributed by atoms with Crippen molar-refractivity contribution in [3.63, 3.8) is 0 Å². The van der Waals surface area contributed by atoms with Crippen molar-refractivity contribution in [2.24, 2.45) is 0 Å². The summed E-state index contributed by atoms with van der Waals surface area (Å²) in [5, 5.41) is 8.49. The molecule has 6 nitrogen and oxygen atoms in total. The predicted octanol–water partition coefficient (Wildman–Crippen LogP) is 3.59.